The Morgan fingerprint density at radius 1 is 1.16 bits per heavy atom. The Labute approximate surface area is 118 Å². The average Bonchev–Trinajstić information content (AvgIpc) is 2.39. The van der Waals surface area contributed by atoms with E-state index in [0.29, 0.717) is 11.6 Å². The van der Waals surface area contributed by atoms with Gasteiger partial charge < -0.3 is 5.32 Å². The molecule has 2 nitrogen and oxygen atoms in total. The van der Waals surface area contributed by atoms with E-state index >= 15 is 0 Å². The van der Waals surface area contributed by atoms with E-state index in [1.165, 1.54) is 0 Å². The third kappa shape index (κ3) is 3.58. The number of benzene rings is 2. The number of nitrogens with one attached hydrogen (secondary N) is 1. The first-order chi connectivity index (χ1) is 9.06. The summed E-state index contributed by atoms with van der Waals surface area (Å²) in [6.45, 7) is 4.40. The second-order valence-corrected chi connectivity index (χ2v) is 5.07. The highest BCUT2D eigenvalue weighted by atomic mass is 35.5. The van der Waals surface area contributed by atoms with Gasteiger partial charge in [-0.3, -0.25) is 4.79 Å². The van der Waals surface area contributed by atoms with Crippen molar-refractivity contribution in [3.05, 3.63) is 69.7 Å². The van der Waals surface area contributed by atoms with Crippen molar-refractivity contribution in [3.8, 4) is 0 Å². The zero-order valence-electron chi connectivity index (χ0n) is 11.0. The smallest absolute Gasteiger partial charge is 0.251 e. The highest BCUT2D eigenvalue weighted by Gasteiger charge is 2.08. The van der Waals surface area contributed by atoms with E-state index in [1.54, 1.807) is 0 Å². The zero-order valence-corrected chi connectivity index (χ0v) is 11.8. The predicted octanol–water partition coefficient (Wildman–Crippen LogP) is 3.89. The quantitative estimate of drug-likeness (QED) is 0.903. The molecule has 0 bridgehead atoms. The van der Waals surface area contributed by atoms with Gasteiger partial charge in [0.05, 0.1) is 0 Å². The number of aryl methyl sites for hydroxylation is 2. The van der Waals surface area contributed by atoms with E-state index in [4.69, 9.17) is 11.6 Å². The van der Waals surface area contributed by atoms with Crippen molar-refractivity contribution in [1.29, 1.82) is 0 Å². The van der Waals surface area contributed by atoms with E-state index < -0.39 is 0 Å². The molecule has 0 aliphatic heterocycles. The van der Waals surface area contributed by atoms with Crippen molar-refractivity contribution in [1.82, 2.24) is 5.32 Å². The van der Waals surface area contributed by atoms with Crippen molar-refractivity contribution in [3.63, 3.8) is 0 Å². The van der Waals surface area contributed by atoms with Gasteiger partial charge in [0.2, 0.25) is 0 Å². The molecule has 0 aliphatic rings. The lowest BCUT2D eigenvalue weighted by atomic mass is 10.1. The molecule has 2 rings (SSSR count). The van der Waals surface area contributed by atoms with Crippen LogP contribution >= 0.6 is 11.6 Å². The van der Waals surface area contributed by atoms with Gasteiger partial charge in [-0.15, -0.1) is 0 Å². The number of amides is 1. The van der Waals surface area contributed by atoms with Crippen LogP contribution in [0.1, 0.15) is 27.0 Å². The standard InChI is InChI=1S/C16H16ClNO/c1-11-6-7-12(2)15(8-11)16(19)18-10-13-4-3-5-14(17)9-13/h3-9H,10H2,1-2H3,(H,18,19). The molecule has 0 aliphatic carbocycles. The molecule has 2 aromatic carbocycles. The summed E-state index contributed by atoms with van der Waals surface area (Å²) in [6.07, 6.45) is 0. The van der Waals surface area contributed by atoms with E-state index in [2.05, 4.69) is 5.32 Å². The minimum Gasteiger partial charge on any atom is -0.348 e. The van der Waals surface area contributed by atoms with E-state index in [1.807, 2.05) is 56.3 Å². The van der Waals surface area contributed by atoms with E-state index in [-0.39, 0.29) is 5.91 Å². The molecule has 0 atom stereocenters. The molecule has 0 heterocycles. The summed E-state index contributed by atoms with van der Waals surface area (Å²) in [5, 5.41) is 3.59. The molecule has 2 aromatic rings. The van der Waals surface area contributed by atoms with Gasteiger partial charge >= 0.3 is 0 Å². The molecule has 19 heavy (non-hydrogen) atoms. The van der Waals surface area contributed by atoms with Crippen molar-refractivity contribution in [2.75, 3.05) is 0 Å². The molecule has 1 N–H and O–H groups in total. The second-order valence-electron chi connectivity index (χ2n) is 4.63. The van der Waals surface area contributed by atoms with Crippen LogP contribution in [0.15, 0.2) is 42.5 Å². The number of hydrogen-bond acceptors (Lipinski definition) is 1. The van der Waals surface area contributed by atoms with Crippen LogP contribution in [0.25, 0.3) is 0 Å². The van der Waals surface area contributed by atoms with Crippen LogP contribution in [0, 0.1) is 13.8 Å². The summed E-state index contributed by atoms with van der Waals surface area (Å²) < 4.78 is 0. The van der Waals surface area contributed by atoms with Crippen LogP contribution in [-0.4, -0.2) is 5.91 Å². The summed E-state index contributed by atoms with van der Waals surface area (Å²) in [7, 11) is 0. The summed E-state index contributed by atoms with van der Waals surface area (Å²) in [5.41, 5.74) is 3.78. The third-order valence-corrected chi connectivity index (χ3v) is 3.21. The van der Waals surface area contributed by atoms with Crippen molar-refractivity contribution in [2.24, 2.45) is 0 Å². The van der Waals surface area contributed by atoms with Crippen molar-refractivity contribution >= 4 is 17.5 Å². The molecule has 0 aromatic heterocycles. The number of hydrogen-bond donors (Lipinski definition) is 1. The van der Waals surface area contributed by atoms with Gasteiger partial charge in [0, 0.05) is 17.1 Å². The minimum atomic E-state index is -0.0545. The molecule has 0 unspecified atom stereocenters. The van der Waals surface area contributed by atoms with Crippen LogP contribution in [0.2, 0.25) is 5.02 Å². The van der Waals surface area contributed by atoms with Crippen LogP contribution < -0.4 is 5.32 Å². The van der Waals surface area contributed by atoms with Gasteiger partial charge in [-0.1, -0.05) is 41.4 Å². The van der Waals surface area contributed by atoms with Crippen LogP contribution in [0.5, 0.6) is 0 Å². The molecule has 3 heteroatoms. The lowest BCUT2D eigenvalue weighted by Gasteiger charge is -2.09. The van der Waals surface area contributed by atoms with Gasteiger partial charge in [0.15, 0.2) is 0 Å². The average molecular weight is 274 g/mol. The third-order valence-electron chi connectivity index (χ3n) is 2.98. The molecular formula is C16H16ClNO. The van der Waals surface area contributed by atoms with Crippen LogP contribution in [0.4, 0.5) is 0 Å². The molecule has 0 spiro atoms. The Balaban J connectivity index is 2.07. The maximum Gasteiger partial charge on any atom is 0.251 e. The Morgan fingerprint density at radius 2 is 1.95 bits per heavy atom. The van der Waals surface area contributed by atoms with Gasteiger partial charge in [0.25, 0.3) is 5.91 Å². The maximum atomic E-state index is 12.1. The second kappa shape index (κ2) is 5.89. The van der Waals surface area contributed by atoms with Crippen molar-refractivity contribution in [2.45, 2.75) is 20.4 Å². The molecule has 98 valence electrons. The Bertz CT molecular complexity index is 607. The SMILES string of the molecule is Cc1ccc(C)c(C(=O)NCc2cccc(Cl)c2)c1. The number of halogens is 1. The fraction of sp³-hybridized carbons (Fsp3) is 0.188. The Kier molecular flexibility index (Phi) is 4.23. The highest BCUT2D eigenvalue weighted by Crippen LogP contribution is 2.12. The first-order valence-corrected chi connectivity index (χ1v) is 6.54. The molecule has 0 fully saturated rings. The Morgan fingerprint density at radius 3 is 2.68 bits per heavy atom. The molecule has 1 amide bonds. The van der Waals surface area contributed by atoms with Crippen LogP contribution in [-0.2, 0) is 6.54 Å². The van der Waals surface area contributed by atoms with Gasteiger partial charge in [-0.25, -0.2) is 0 Å². The fourth-order valence-electron chi connectivity index (χ4n) is 1.90. The van der Waals surface area contributed by atoms with Gasteiger partial charge in [-0.05, 0) is 43.2 Å². The van der Waals surface area contributed by atoms with E-state index in [9.17, 15) is 4.79 Å². The minimum absolute atomic E-state index is 0.0545. The molecule has 0 radical (unpaired) electrons. The molecule has 0 saturated carbocycles. The van der Waals surface area contributed by atoms with E-state index in [0.717, 1.165) is 22.3 Å². The topological polar surface area (TPSA) is 29.1 Å². The summed E-state index contributed by atoms with van der Waals surface area (Å²) in [5.74, 6) is -0.0545. The fourth-order valence-corrected chi connectivity index (χ4v) is 2.12. The zero-order chi connectivity index (χ0) is 13.8. The lowest BCUT2D eigenvalue weighted by molar-refractivity contribution is 0.0950. The summed E-state index contributed by atoms with van der Waals surface area (Å²) in [6, 6.07) is 13.4. The summed E-state index contributed by atoms with van der Waals surface area (Å²) in [4.78, 5) is 12.1. The van der Waals surface area contributed by atoms with Crippen molar-refractivity contribution < 1.29 is 4.79 Å². The number of rotatable bonds is 3. The maximum absolute atomic E-state index is 12.1. The molecular weight excluding hydrogens is 258 g/mol. The first-order valence-electron chi connectivity index (χ1n) is 6.16. The summed E-state index contributed by atoms with van der Waals surface area (Å²) >= 11 is 5.91. The monoisotopic (exact) mass is 273 g/mol. The largest absolute Gasteiger partial charge is 0.348 e. The van der Waals surface area contributed by atoms with Gasteiger partial charge in [-0.2, -0.15) is 0 Å². The van der Waals surface area contributed by atoms with Crippen LogP contribution in [0.3, 0.4) is 0 Å². The first kappa shape index (κ1) is 13.6. The molecule has 0 saturated heterocycles. The lowest BCUT2D eigenvalue weighted by Crippen LogP contribution is -2.23. The number of carbonyl (C=O) groups excluding carboxylic acids is 1. The normalized spacial score (nSPS) is 10.3. The number of carbonyl (C=O) groups is 1. The highest BCUT2D eigenvalue weighted by molar-refractivity contribution is 6.30. The van der Waals surface area contributed by atoms with Gasteiger partial charge in [0.1, 0.15) is 0 Å². The Hall–Kier alpha value is -1.80. The predicted molar refractivity (Wildman–Crippen MR) is 78.5 cm³/mol.